The molecule has 2 heterocycles. The Hall–Kier alpha value is -2.89. The van der Waals surface area contributed by atoms with Crippen molar-refractivity contribution in [1.82, 2.24) is 4.98 Å². The molecule has 0 spiro atoms. The van der Waals surface area contributed by atoms with Crippen LogP contribution in [0.2, 0.25) is 0 Å². The van der Waals surface area contributed by atoms with Crippen LogP contribution in [-0.2, 0) is 0 Å². The van der Waals surface area contributed by atoms with Gasteiger partial charge in [0.05, 0.1) is 17.7 Å². The number of Topliss-reactive ketones (excluding diaryl/α,β-unsaturated/α-hetero) is 1. The highest BCUT2D eigenvalue weighted by Gasteiger charge is 2.29. The number of carbonyl (C=O) groups excluding carboxylic acids is 1. The zero-order valence-corrected chi connectivity index (χ0v) is 10.8. The Balaban J connectivity index is 1.97. The number of carboxylic acid groups (broad SMARTS) is 1. The van der Waals surface area contributed by atoms with Gasteiger partial charge >= 0.3 is 5.97 Å². The lowest BCUT2D eigenvalue weighted by atomic mass is 9.98. The van der Waals surface area contributed by atoms with Gasteiger partial charge in [0.25, 0.3) is 0 Å². The van der Waals surface area contributed by atoms with Crippen LogP contribution in [0.4, 0.5) is 0 Å². The van der Waals surface area contributed by atoms with E-state index in [0.717, 1.165) is 0 Å². The van der Waals surface area contributed by atoms with Gasteiger partial charge in [-0.25, -0.2) is 9.78 Å². The number of ketones is 1. The van der Waals surface area contributed by atoms with Crippen LogP contribution >= 0.6 is 0 Å². The first kappa shape index (κ1) is 13.1. The molecule has 0 saturated heterocycles. The topological polar surface area (TPSA) is 96.7 Å². The largest absolute Gasteiger partial charge is 0.508 e. The summed E-state index contributed by atoms with van der Waals surface area (Å²) >= 11 is 0. The van der Waals surface area contributed by atoms with Crippen LogP contribution in [0, 0.1) is 0 Å². The summed E-state index contributed by atoms with van der Waals surface area (Å²) < 4.78 is 5.67. The quantitative estimate of drug-likeness (QED) is 0.878. The zero-order chi connectivity index (χ0) is 15.0. The van der Waals surface area contributed by atoms with Crippen molar-refractivity contribution in [2.45, 2.75) is 12.5 Å². The lowest BCUT2D eigenvalue weighted by Gasteiger charge is -2.25. The molecule has 2 aromatic rings. The van der Waals surface area contributed by atoms with Gasteiger partial charge in [0.2, 0.25) is 0 Å². The average molecular weight is 285 g/mol. The Morgan fingerprint density at radius 2 is 2.10 bits per heavy atom. The third-order valence-electron chi connectivity index (χ3n) is 3.23. The molecule has 0 fully saturated rings. The molecule has 106 valence electrons. The highest BCUT2D eigenvalue weighted by Crippen LogP contribution is 2.36. The van der Waals surface area contributed by atoms with Gasteiger partial charge in [0.15, 0.2) is 5.78 Å². The minimum absolute atomic E-state index is 0.00514. The molecule has 1 atom stereocenters. The number of aromatic nitrogens is 1. The number of carboxylic acids is 1. The van der Waals surface area contributed by atoms with Crippen molar-refractivity contribution in [3.63, 3.8) is 0 Å². The molecule has 0 bridgehead atoms. The number of fused-ring (bicyclic) bond motifs is 1. The first-order chi connectivity index (χ1) is 10.0. The summed E-state index contributed by atoms with van der Waals surface area (Å²) in [7, 11) is 0. The smallest absolute Gasteiger partial charge is 0.354 e. The number of phenolic OH excluding ortho intramolecular Hbond substituents is 1. The second-order valence-corrected chi connectivity index (χ2v) is 4.67. The highest BCUT2D eigenvalue weighted by atomic mass is 16.5. The molecular formula is C15H11NO5. The first-order valence-corrected chi connectivity index (χ1v) is 6.28. The van der Waals surface area contributed by atoms with Gasteiger partial charge in [-0.2, -0.15) is 0 Å². The van der Waals surface area contributed by atoms with Crippen LogP contribution in [0.3, 0.4) is 0 Å². The maximum atomic E-state index is 12.1. The van der Waals surface area contributed by atoms with Crippen LogP contribution in [0.1, 0.15) is 39.1 Å². The summed E-state index contributed by atoms with van der Waals surface area (Å²) in [6.07, 6.45) is -0.584. The Morgan fingerprint density at radius 3 is 2.86 bits per heavy atom. The predicted octanol–water partition coefficient (Wildman–Crippen LogP) is 2.19. The fourth-order valence-corrected chi connectivity index (χ4v) is 2.23. The van der Waals surface area contributed by atoms with E-state index in [1.165, 1.54) is 24.3 Å². The highest BCUT2D eigenvalue weighted by molar-refractivity contribution is 6.00. The lowest BCUT2D eigenvalue weighted by molar-refractivity contribution is 0.0689. The van der Waals surface area contributed by atoms with Gasteiger partial charge in [-0.1, -0.05) is 6.07 Å². The first-order valence-electron chi connectivity index (χ1n) is 6.28. The molecule has 21 heavy (non-hydrogen) atoms. The molecule has 1 aliphatic rings. The predicted molar refractivity (Wildman–Crippen MR) is 71.6 cm³/mol. The number of phenols is 1. The number of carbonyl (C=O) groups is 2. The van der Waals surface area contributed by atoms with Gasteiger partial charge in [0.1, 0.15) is 23.3 Å². The van der Waals surface area contributed by atoms with Gasteiger partial charge < -0.3 is 14.9 Å². The molecule has 1 aliphatic heterocycles. The van der Waals surface area contributed by atoms with Crippen molar-refractivity contribution < 1.29 is 24.5 Å². The molecule has 2 N–H and O–H groups in total. The Bertz CT molecular complexity index is 741. The van der Waals surface area contributed by atoms with Crippen LogP contribution in [0.5, 0.6) is 11.5 Å². The van der Waals surface area contributed by atoms with Crippen molar-refractivity contribution >= 4 is 11.8 Å². The van der Waals surface area contributed by atoms with Crippen molar-refractivity contribution in [2.75, 3.05) is 0 Å². The number of aromatic hydroxyl groups is 1. The lowest BCUT2D eigenvalue weighted by Crippen LogP contribution is -2.21. The van der Waals surface area contributed by atoms with Crippen molar-refractivity contribution in [2.24, 2.45) is 0 Å². The van der Waals surface area contributed by atoms with Crippen LogP contribution < -0.4 is 4.74 Å². The summed E-state index contributed by atoms with van der Waals surface area (Å²) in [6, 6.07) is 8.82. The van der Waals surface area contributed by atoms with Crippen LogP contribution in [0.15, 0.2) is 36.4 Å². The summed E-state index contributed by atoms with van der Waals surface area (Å²) in [5, 5.41) is 18.4. The molecule has 0 amide bonds. The van der Waals surface area contributed by atoms with Crippen molar-refractivity contribution in [3.05, 3.63) is 53.3 Å². The van der Waals surface area contributed by atoms with E-state index in [9.17, 15) is 14.7 Å². The summed E-state index contributed by atoms with van der Waals surface area (Å²) in [4.78, 5) is 27.0. The molecule has 6 heteroatoms. The van der Waals surface area contributed by atoms with Crippen LogP contribution in [0.25, 0.3) is 0 Å². The number of nitrogens with zero attached hydrogens (tertiary/aromatic N) is 1. The van der Waals surface area contributed by atoms with E-state index in [1.807, 2.05) is 0 Å². The second-order valence-electron chi connectivity index (χ2n) is 4.67. The maximum absolute atomic E-state index is 12.1. The van der Waals surface area contributed by atoms with Crippen molar-refractivity contribution in [1.29, 1.82) is 0 Å². The van der Waals surface area contributed by atoms with E-state index in [-0.39, 0.29) is 29.4 Å². The number of benzene rings is 1. The number of aromatic carboxylic acids is 1. The van der Waals surface area contributed by atoms with E-state index in [1.54, 1.807) is 12.1 Å². The molecule has 1 unspecified atom stereocenters. The van der Waals surface area contributed by atoms with Crippen LogP contribution in [-0.4, -0.2) is 26.9 Å². The normalized spacial score (nSPS) is 17.0. The monoisotopic (exact) mass is 285 g/mol. The summed E-state index contributed by atoms with van der Waals surface area (Å²) in [5.74, 6) is -1.01. The number of ether oxygens (including phenoxy) is 1. The molecule has 1 aromatic heterocycles. The van der Waals surface area contributed by atoms with E-state index >= 15 is 0 Å². The minimum Gasteiger partial charge on any atom is -0.508 e. The SMILES string of the molecule is O=C(O)c1cccc(C2CC(=O)c3ccc(O)cc3O2)n1. The summed E-state index contributed by atoms with van der Waals surface area (Å²) in [6.45, 7) is 0. The molecular weight excluding hydrogens is 274 g/mol. The third-order valence-corrected chi connectivity index (χ3v) is 3.23. The zero-order valence-electron chi connectivity index (χ0n) is 10.8. The van der Waals surface area contributed by atoms with Crippen molar-refractivity contribution in [3.8, 4) is 11.5 Å². The summed E-state index contributed by atoms with van der Waals surface area (Å²) in [5.41, 5.74) is 0.668. The fourth-order valence-electron chi connectivity index (χ4n) is 2.23. The number of hydrogen-bond donors (Lipinski definition) is 2. The maximum Gasteiger partial charge on any atom is 0.354 e. The van der Waals surface area contributed by atoms with E-state index in [2.05, 4.69) is 4.98 Å². The van der Waals surface area contributed by atoms with Gasteiger partial charge in [-0.15, -0.1) is 0 Å². The van der Waals surface area contributed by atoms with E-state index in [0.29, 0.717) is 11.3 Å². The molecule has 6 nitrogen and oxygen atoms in total. The molecule has 0 aliphatic carbocycles. The number of pyridine rings is 1. The Kier molecular flexibility index (Phi) is 3.06. The average Bonchev–Trinajstić information content (AvgIpc) is 2.46. The van der Waals surface area contributed by atoms with Gasteiger partial charge in [-0.05, 0) is 24.3 Å². The van der Waals surface area contributed by atoms with Gasteiger partial charge in [-0.3, -0.25) is 4.79 Å². The number of hydrogen-bond acceptors (Lipinski definition) is 5. The van der Waals surface area contributed by atoms with E-state index in [4.69, 9.17) is 9.84 Å². The fraction of sp³-hybridized carbons (Fsp3) is 0.133. The Morgan fingerprint density at radius 1 is 1.29 bits per heavy atom. The molecule has 1 aromatic carbocycles. The third kappa shape index (κ3) is 2.43. The second kappa shape index (κ2) is 4.90. The molecule has 3 rings (SSSR count). The molecule has 0 saturated carbocycles. The minimum atomic E-state index is -1.14. The number of rotatable bonds is 2. The molecule has 0 radical (unpaired) electrons. The standard InChI is InChI=1S/C15H11NO5/c17-8-4-5-9-12(18)7-14(21-13(9)6-8)10-2-1-3-11(16-10)15(19)20/h1-6,14,17H,7H2,(H,19,20). The Labute approximate surface area is 119 Å². The van der Waals surface area contributed by atoms with E-state index < -0.39 is 12.1 Å². The van der Waals surface area contributed by atoms with Gasteiger partial charge in [0, 0.05) is 6.07 Å².